The lowest BCUT2D eigenvalue weighted by Crippen LogP contribution is -2.15. The Labute approximate surface area is 108 Å². The Morgan fingerprint density at radius 1 is 1.44 bits per heavy atom. The highest BCUT2D eigenvalue weighted by atomic mass is 32.1. The molecule has 0 aliphatic carbocycles. The molecule has 0 atom stereocenters. The number of carboxylic acid groups (broad SMARTS) is 1. The number of anilines is 1. The molecule has 18 heavy (non-hydrogen) atoms. The number of hydrogen-bond acceptors (Lipinski definition) is 3. The van der Waals surface area contributed by atoms with Crippen molar-refractivity contribution in [2.24, 2.45) is 0 Å². The van der Waals surface area contributed by atoms with Crippen molar-refractivity contribution < 1.29 is 14.3 Å². The third-order valence-corrected chi connectivity index (χ3v) is 3.45. The Morgan fingerprint density at radius 2 is 2.22 bits per heavy atom. The molecule has 5 heteroatoms. The maximum atomic E-state index is 13.0. The summed E-state index contributed by atoms with van der Waals surface area (Å²) in [5, 5.41) is 10.6. The van der Waals surface area contributed by atoms with E-state index < -0.39 is 5.97 Å². The number of rotatable bonds is 4. The van der Waals surface area contributed by atoms with Crippen LogP contribution in [-0.2, 0) is 6.54 Å². The van der Waals surface area contributed by atoms with Crippen LogP contribution in [0.2, 0.25) is 0 Å². The lowest BCUT2D eigenvalue weighted by atomic mass is 10.2. The molecular formula is C13H12FNO2S. The molecular weight excluding hydrogens is 253 g/mol. The molecule has 94 valence electrons. The second kappa shape index (κ2) is 5.18. The first kappa shape index (κ1) is 12.6. The van der Waals surface area contributed by atoms with Gasteiger partial charge in [0.2, 0.25) is 0 Å². The molecule has 0 amide bonds. The summed E-state index contributed by atoms with van der Waals surface area (Å²) in [6.45, 7) is 0.535. The topological polar surface area (TPSA) is 40.5 Å². The van der Waals surface area contributed by atoms with Crippen LogP contribution >= 0.6 is 11.3 Å². The van der Waals surface area contributed by atoms with E-state index in [4.69, 9.17) is 5.11 Å². The first-order valence-electron chi connectivity index (χ1n) is 5.33. The van der Waals surface area contributed by atoms with Gasteiger partial charge in [0, 0.05) is 24.7 Å². The van der Waals surface area contributed by atoms with E-state index in [9.17, 15) is 9.18 Å². The first-order valence-corrected chi connectivity index (χ1v) is 6.21. The molecule has 1 heterocycles. The molecule has 1 N–H and O–H groups in total. The van der Waals surface area contributed by atoms with Crippen LogP contribution in [0.1, 0.15) is 15.2 Å². The molecule has 0 fully saturated rings. The summed E-state index contributed by atoms with van der Waals surface area (Å²) in [5.41, 5.74) is 1.67. The monoisotopic (exact) mass is 265 g/mol. The van der Waals surface area contributed by atoms with E-state index >= 15 is 0 Å². The largest absolute Gasteiger partial charge is 0.477 e. The molecule has 0 saturated heterocycles. The van der Waals surface area contributed by atoms with Crippen molar-refractivity contribution in [3.63, 3.8) is 0 Å². The maximum absolute atomic E-state index is 13.0. The number of halogens is 1. The fraction of sp³-hybridized carbons (Fsp3) is 0.154. The number of aromatic carboxylic acids is 1. The predicted octanol–water partition coefficient (Wildman–Crippen LogP) is 3.22. The Kier molecular flexibility index (Phi) is 3.62. The van der Waals surface area contributed by atoms with E-state index in [0.29, 0.717) is 11.4 Å². The van der Waals surface area contributed by atoms with Crippen LogP contribution < -0.4 is 4.90 Å². The van der Waals surface area contributed by atoms with Gasteiger partial charge in [-0.15, -0.1) is 11.3 Å². The van der Waals surface area contributed by atoms with Gasteiger partial charge in [0.15, 0.2) is 0 Å². The van der Waals surface area contributed by atoms with Gasteiger partial charge in [-0.05, 0) is 23.8 Å². The van der Waals surface area contributed by atoms with Gasteiger partial charge in [0.05, 0.1) is 0 Å². The van der Waals surface area contributed by atoms with Crippen LogP contribution in [-0.4, -0.2) is 18.1 Å². The van der Waals surface area contributed by atoms with E-state index in [0.717, 1.165) is 11.3 Å². The van der Waals surface area contributed by atoms with Crippen molar-refractivity contribution in [2.45, 2.75) is 6.54 Å². The summed E-state index contributed by atoms with van der Waals surface area (Å²) in [7, 11) is 1.85. The van der Waals surface area contributed by atoms with Crippen molar-refractivity contribution in [1.82, 2.24) is 0 Å². The van der Waals surface area contributed by atoms with Gasteiger partial charge in [-0.25, -0.2) is 9.18 Å². The standard InChI is InChI=1S/C13H12FNO2S/c1-15(7-9-3-2-4-10(14)5-9)11-6-12(13(16)17)18-8-11/h2-6,8H,7H2,1H3,(H,16,17). The molecule has 0 aliphatic heterocycles. The first-order chi connectivity index (χ1) is 8.56. The van der Waals surface area contributed by atoms with Crippen LogP contribution in [0, 0.1) is 5.82 Å². The van der Waals surface area contributed by atoms with E-state index in [2.05, 4.69) is 0 Å². The van der Waals surface area contributed by atoms with Crippen LogP contribution in [0.15, 0.2) is 35.7 Å². The summed E-state index contributed by atoms with van der Waals surface area (Å²) >= 11 is 1.18. The fourth-order valence-corrected chi connectivity index (χ4v) is 2.42. The van der Waals surface area contributed by atoms with Gasteiger partial charge >= 0.3 is 5.97 Å². The second-order valence-corrected chi connectivity index (χ2v) is 4.87. The SMILES string of the molecule is CN(Cc1cccc(F)c1)c1csc(C(=O)O)c1. The van der Waals surface area contributed by atoms with Crippen LogP contribution in [0.5, 0.6) is 0 Å². The van der Waals surface area contributed by atoms with Gasteiger partial charge in [0.1, 0.15) is 10.7 Å². The smallest absolute Gasteiger partial charge is 0.345 e. The zero-order valence-corrected chi connectivity index (χ0v) is 10.6. The van der Waals surface area contributed by atoms with Gasteiger partial charge in [-0.3, -0.25) is 0 Å². The predicted molar refractivity (Wildman–Crippen MR) is 69.8 cm³/mol. The number of hydrogen-bond donors (Lipinski definition) is 1. The minimum atomic E-state index is -0.926. The molecule has 1 aromatic heterocycles. The molecule has 1 aromatic carbocycles. The average molecular weight is 265 g/mol. The summed E-state index contributed by atoms with van der Waals surface area (Å²) < 4.78 is 13.0. The maximum Gasteiger partial charge on any atom is 0.345 e. The molecule has 0 spiro atoms. The zero-order chi connectivity index (χ0) is 13.1. The Hall–Kier alpha value is -1.88. The molecule has 3 nitrogen and oxygen atoms in total. The number of carbonyl (C=O) groups is 1. The van der Waals surface area contributed by atoms with Crippen LogP contribution in [0.3, 0.4) is 0 Å². The van der Waals surface area contributed by atoms with Gasteiger partial charge < -0.3 is 10.0 Å². The molecule has 0 aliphatic rings. The number of carboxylic acids is 1. The van der Waals surface area contributed by atoms with E-state index in [1.54, 1.807) is 17.5 Å². The highest BCUT2D eigenvalue weighted by Crippen LogP contribution is 2.23. The summed E-state index contributed by atoms with van der Waals surface area (Å²) in [6, 6.07) is 7.99. The minimum Gasteiger partial charge on any atom is -0.477 e. The highest BCUT2D eigenvalue weighted by Gasteiger charge is 2.10. The molecule has 2 aromatic rings. The Balaban J connectivity index is 2.11. The Morgan fingerprint density at radius 3 is 2.83 bits per heavy atom. The number of nitrogens with zero attached hydrogens (tertiary/aromatic N) is 1. The number of thiophene rings is 1. The zero-order valence-electron chi connectivity index (χ0n) is 9.76. The van der Waals surface area contributed by atoms with Crippen LogP contribution in [0.25, 0.3) is 0 Å². The van der Waals surface area contributed by atoms with Crippen molar-refractivity contribution in [1.29, 1.82) is 0 Å². The highest BCUT2D eigenvalue weighted by molar-refractivity contribution is 7.12. The van der Waals surface area contributed by atoms with Gasteiger partial charge in [-0.2, -0.15) is 0 Å². The van der Waals surface area contributed by atoms with Crippen molar-refractivity contribution in [2.75, 3.05) is 11.9 Å². The summed E-state index contributed by atoms with van der Waals surface area (Å²) in [4.78, 5) is 13.0. The average Bonchev–Trinajstić information content (AvgIpc) is 2.78. The molecule has 0 saturated carbocycles. The van der Waals surface area contributed by atoms with Crippen LogP contribution in [0.4, 0.5) is 10.1 Å². The second-order valence-electron chi connectivity index (χ2n) is 3.96. The molecule has 0 bridgehead atoms. The van der Waals surface area contributed by atoms with E-state index in [1.807, 2.05) is 18.0 Å². The lowest BCUT2D eigenvalue weighted by molar-refractivity contribution is 0.0702. The van der Waals surface area contributed by atoms with Crippen molar-refractivity contribution in [3.05, 3.63) is 52.0 Å². The molecule has 0 unspecified atom stereocenters. The quantitative estimate of drug-likeness (QED) is 0.922. The van der Waals surface area contributed by atoms with E-state index in [1.165, 1.54) is 23.5 Å². The van der Waals surface area contributed by atoms with Crippen molar-refractivity contribution in [3.8, 4) is 0 Å². The molecule has 0 radical (unpaired) electrons. The fourth-order valence-electron chi connectivity index (χ4n) is 1.64. The third kappa shape index (κ3) is 2.87. The number of benzene rings is 1. The minimum absolute atomic E-state index is 0.266. The molecule has 2 rings (SSSR count). The third-order valence-electron chi connectivity index (χ3n) is 2.55. The normalized spacial score (nSPS) is 10.3. The lowest BCUT2D eigenvalue weighted by Gasteiger charge is -2.17. The van der Waals surface area contributed by atoms with Gasteiger partial charge in [-0.1, -0.05) is 12.1 Å². The van der Waals surface area contributed by atoms with E-state index in [-0.39, 0.29) is 5.82 Å². The Bertz CT molecular complexity index is 568. The summed E-state index contributed by atoms with van der Waals surface area (Å²) in [5.74, 6) is -1.19. The summed E-state index contributed by atoms with van der Waals surface area (Å²) in [6.07, 6.45) is 0. The van der Waals surface area contributed by atoms with Crippen molar-refractivity contribution >= 4 is 23.0 Å². The van der Waals surface area contributed by atoms with Gasteiger partial charge in [0.25, 0.3) is 0 Å².